The van der Waals surface area contributed by atoms with Crippen LogP contribution in [0.5, 0.6) is 0 Å². The molecule has 0 aliphatic carbocycles. The molecule has 1 amide bonds. The van der Waals surface area contributed by atoms with Crippen LogP contribution in [0, 0.1) is 5.82 Å². The van der Waals surface area contributed by atoms with Crippen molar-refractivity contribution in [3.63, 3.8) is 0 Å². The highest BCUT2D eigenvalue weighted by Gasteiger charge is 2.32. The topological polar surface area (TPSA) is 60.9 Å². The van der Waals surface area contributed by atoms with Crippen LogP contribution in [0.3, 0.4) is 0 Å². The van der Waals surface area contributed by atoms with Gasteiger partial charge in [-0.05, 0) is 37.6 Å². The van der Waals surface area contributed by atoms with E-state index in [4.69, 9.17) is 0 Å². The maximum Gasteiger partial charge on any atom is 0.236 e. The predicted octanol–water partition coefficient (Wildman–Crippen LogP) is 0.979. The van der Waals surface area contributed by atoms with E-state index in [9.17, 15) is 17.6 Å². The van der Waals surface area contributed by atoms with Gasteiger partial charge < -0.3 is 4.90 Å². The molecule has 6 nitrogen and oxygen atoms in total. The first-order valence-electron chi connectivity index (χ1n) is 9.48. The summed E-state index contributed by atoms with van der Waals surface area (Å²) in [5.74, 6) is 0.205. The number of sulfone groups is 1. The summed E-state index contributed by atoms with van der Waals surface area (Å²) >= 11 is 0. The van der Waals surface area contributed by atoms with Crippen LogP contribution in [-0.2, 0) is 21.2 Å². The average Bonchev–Trinajstić information content (AvgIpc) is 2.84. The zero-order valence-electron chi connectivity index (χ0n) is 15.8. The van der Waals surface area contributed by atoms with Gasteiger partial charge in [-0.15, -0.1) is 0 Å². The molecule has 3 rings (SSSR count). The molecule has 1 aromatic carbocycles. The number of amides is 1. The quantitative estimate of drug-likeness (QED) is 0.741. The zero-order valence-corrected chi connectivity index (χ0v) is 16.6. The van der Waals surface area contributed by atoms with Gasteiger partial charge in [-0.3, -0.25) is 14.6 Å². The van der Waals surface area contributed by atoms with Crippen LogP contribution in [-0.4, -0.2) is 86.3 Å². The highest BCUT2D eigenvalue weighted by molar-refractivity contribution is 7.91. The summed E-state index contributed by atoms with van der Waals surface area (Å²) in [7, 11) is -1.11. The van der Waals surface area contributed by atoms with Crippen LogP contribution in [0.4, 0.5) is 4.39 Å². The number of rotatable bonds is 5. The van der Waals surface area contributed by atoms with Gasteiger partial charge in [0.05, 0.1) is 18.1 Å². The van der Waals surface area contributed by atoms with Crippen LogP contribution in [0.2, 0.25) is 0 Å². The Morgan fingerprint density at radius 2 is 1.93 bits per heavy atom. The molecule has 8 heteroatoms. The van der Waals surface area contributed by atoms with E-state index >= 15 is 0 Å². The van der Waals surface area contributed by atoms with E-state index in [0.717, 1.165) is 38.2 Å². The molecular formula is C19H28FN3O3S. The van der Waals surface area contributed by atoms with Gasteiger partial charge in [0, 0.05) is 38.8 Å². The summed E-state index contributed by atoms with van der Waals surface area (Å²) in [6, 6.07) is 6.49. The molecule has 150 valence electrons. The van der Waals surface area contributed by atoms with Crippen LogP contribution in [0.25, 0.3) is 0 Å². The third-order valence-corrected chi connectivity index (χ3v) is 7.23. The molecule has 0 saturated carbocycles. The Kier molecular flexibility index (Phi) is 6.49. The first-order chi connectivity index (χ1) is 12.8. The van der Waals surface area contributed by atoms with Crippen molar-refractivity contribution in [1.29, 1.82) is 0 Å². The van der Waals surface area contributed by atoms with Gasteiger partial charge in [0.25, 0.3) is 0 Å². The Hall–Kier alpha value is -1.51. The number of likely N-dealkylation sites (N-methyl/N-ethyl adjacent to an activating group) is 1. The third kappa shape index (κ3) is 5.73. The van der Waals surface area contributed by atoms with Gasteiger partial charge in [0.2, 0.25) is 5.91 Å². The van der Waals surface area contributed by atoms with Crippen molar-refractivity contribution < 1.29 is 17.6 Å². The van der Waals surface area contributed by atoms with Gasteiger partial charge >= 0.3 is 0 Å². The molecule has 2 aliphatic rings. The lowest BCUT2D eigenvalue weighted by atomic mass is 10.2. The summed E-state index contributed by atoms with van der Waals surface area (Å²) in [4.78, 5) is 18.7. The third-order valence-electron chi connectivity index (χ3n) is 5.48. The second-order valence-electron chi connectivity index (χ2n) is 7.61. The molecule has 0 N–H and O–H groups in total. The predicted molar refractivity (Wildman–Crippen MR) is 103 cm³/mol. The van der Waals surface area contributed by atoms with Crippen molar-refractivity contribution in [2.75, 3.05) is 51.3 Å². The molecule has 2 aliphatic heterocycles. The Bertz CT molecular complexity index is 754. The minimum absolute atomic E-state index is 0.0547. The van der Waals surface area contributed by atoms with E-state index < -0.39 is 9.84 Å². The standard InChI is InChI=1S/C19H28FN3O3S/c1-21(18-7-12-27(25,26)15-18)14-19(24)23-9-2-8-22(10-11-23)13-16-3-5-17(20)6-4-16/h3-6,18H,2,7-15H2,1H3. The first-order valence-corrected chi connectivity index (χ1v) is 11.3. The second-order valence-corrected chi connectivity index (χ2v) is 9.84. The maximum absolute atomic E-state index is 13.0. The highest BCUT2D eigenvalue weighted by atomic mass is 32.2. The molecule has 0 bridgehead atoms. The normalized spacial score (nSPS) is 23.5. The molecule has 1 atom stereocenters. The van der Waals surface area contributed by atoms with Crippen LogP contribution >= 0.6 is 0 Å². The van der Waals surface area contributed by atoms with Crippen molar-refractivity contribution in [1.82, 2.24) is 14.7 Å². The van der Waals surface area contributed by atoms with Gasteiger partial charge in [-0.25, -0.2) is 12.8 Å². The molecule has 1 aromatic rings. The lowest BCUT2D eigenvalue weighted by Crippen LogP contribution is -2.44. The average molecular weight is 398 g/mol. The smallest absolute Gasteiger partial charge is 0.236 e. The summed E-state index contributed by atoms with van der Waals surface area (Å²) in [6.45, 7) is 4.08. The van der Waals surface area contributed by atoms with Crippen molar-refractivity contribution in [2.45, 2.75) is 25.4 Å². The Morgan fingerprint density at radius 1 is 1.19 bits per heavy atom. The molecule has 27 heavy (non-hydrogen) atoms. The molecule has 2 saturated heterocycles. The summed E-state index contributed by atoms with van der Waals surface area (Å²) in [5.41, 5.74) is 1.07. The summed E-state index contributed by atoms with van der Waals surface area (Å²) < 4.78 is 36.3. The van der Waals surface area contributed by atoms with E-state index in [1.54, 1.807) is 12.1 Å². The number of halogens is 1. The van der Waals surface area contributed by atoms with Crippen molar-refractivity contribution >= 4 is 15.7 Å². The minimum atomic E-state index is -2.94. The van der Waals surface area contributed by atoms with Crippen LogP contribution in [0.1, 0.15) is 18.4 Å². The molecule has 1 unspecified atom stereocenters. The van der Waals surface area contributed by atoms with E-state index in [0.29, 0.717) is 13.0 Å². The fourth-order valence-electron chi connectivity index (χ4n) is 3.79. The van der Waals surface area contributed by atoms with Crippen molar-refractivity contribution in [3.05, 3.63) is 35.6 Å². The monoisotopic (exact) mass is 397 g/mol. The fraction of sp³-hybridized carbons (Fsp3) is 0.632. The minimum Gasteiger partial charge on any atom is -0.340 e. The van der Waals surface area contributed by atoms with Crippen molar-refractivity contribution in [2.24, 2.45) is 0 Å². The number of hydrogen-bond acceptors (Lipinski definition) is 5. The van der Waals surface area contributed by atoms with Gasteiger partial charge in [0.15, 0.2) is 9.84 Å². The highest BCUT2D eigenvalue weighted by Crippen LogP contribution is 2.17. The zero-order chi connectivity index (χ0) is 19.4. The summed E-state index contributed by atoms with van der Waals surface area (Å²) in [6.07, 6.45) is 1.51. The lowest BCUT2D eigenvalue weighted by Gasteiger charge is -2.27. The Balaban J connectivity index is 1.48. The number of carbonyl (C=O) groups is 1. The molecule has 0 aromatic heterocycles. The molecule has 2 fully saturated rings. The number of nitrogens with zero attached hydrogens (tertiary/aromatic N) is 3. The van der Waals surface area contributed by atoms with Gasteiger partial charge in [0.1, 0.15) is 5.82 Å². The largest absolute Gasteiger partial charge is 0.340 e. The number of carbonyl (C=O) groups excluding carboxylic acids is 1. The van der Waals surface area contributed by atoms with E-state index in [1.807, 2.05) is 16.8 Å². The fourth-order valence-corrected chi connectivity index (χ4v) is 5.60. The van der Waals surface area contributed by atoms with Gasteiger partial charge in [-0.2, -0.15) is 0 Å². The summed E-state index contributed by atoms with van der Waals surface area (Å²) in [5, 5.41) is 0. The number of hydrogen-bond donors (Lipinski definition) is 0. The number of benzene rings is 1. The first kappa shape index (κ1) is 20.2. The van der Waals surface area contributed by atoms with E-state index in [2.05, 4.69) is 4.90 Å². The molecule has 0 spiro atoms. The molecule has 0 radical (unpaired) electrons. The second kappa shape index (κ2) is 8.67. The molecule has 2 heterocycles. The van der Waals surface area contributed by atoms with E-state index in [-0.39, 0.29) is 35.8 Å². The van der Waals surface area contributed by atoms with Crippen molar-refractivity contribution in [3.8, 4) is 0 Å². The Labute approximate surface area is 160 Å². The van der Waals surface area contributed by atoms with E-state index in [1.165, 1.54) is 12.1 Å². The maximum atomic E-state index is 13.0. The molecular weight excluding hydrogens is 369 g/mol. The van der Waals surface area contributed by atoms with Crippen LogP contribution < -0.4 is 0 Å². The lowest BCUT2D eigenvalue weighted by molar-refractivity contribution is -0.132. The Morgan fingerprint density at radius 3 is 2.59 bits per heavy atom. The van der Waals surface area contributed by atoms with Gasteiger partial charge in [-0.1, -0.05) is 12.1 Å². The SMILES string of the molecule is CN(CC(=O)N1CCCN(Cc2ccc(F)cc2)CC1)C1CCS(=O)(=O)C1. The van der Waals surface area contributed by atoms with Crippen LogP contribution in [0.15, 0.2) is 24.3 Å².